The highest BCUT2D eigenvalue weighted by molar-refractivity contribution is 7.80. The highest BCUT2D eigenvalue weighted by atomic mass is 35.5. The second-order valence-electron chi connectivity index (χ2n) is 6.60. The van der Waals surface area contributed by atoms with Gasteiger partial charge in [-0.2, -0.15) is 0 Å². The molecule has 0 fully saturated rings. The average Bonchev–Trinajstić information content (AvgIpc) is 2.69. The lowest BCUT2D eigenvalue weighted by atomic mass is 10.2. The number of anilines is 2. The molecule has 1 heterocycles. The molecule has 0 radical (unpaired) electrons. The Morgan fingerprint density at radius 3 is 2.32 bits per heavy atom. The van der Waals surface area contributed by atoms with Crippen molar-refractivity contribution in [2.45, 2.75) is 20.4 Å². The molecule has 0 amide bonds. The number of aliphatic imine (C=N–C) groups is 1. The molecule has 0 unspecified atom stereocenters. The molecule has 10 heteroatoms. The third-order valence-corrected chi connectivity index (χ3v) is 4.45. The molecule has 0 aliphatic rings. The molecule has 0 aliphatic heterocycles. The van der Waals surface area contributed by atoms with E-state index in [2.05, 4.69) is 30.9 Å². The summed E-state index contributed by atoms with van der Waals surface area (Å²) < 4.78 is 26.5. The minimum Gasteiger partial charge on any atom is -0.332 e. The summed E-state index contributed by atoms with van der Waals surface area (Å²) in [5, 5.41) is 9.02. The van der Waals surface area contributed by atoms with Crippen molar-refractivity contribution in [2.75, 3.05) is 10.6 Å². The maximum Gasteiger partial charge on any atom is 0.229 e. The molecule has 160 valence electrons. The second kappa shape index (κ2) is 10.2. The topological polar surface area (TPSA) is 74.2 Å². The number of nitrogens with zero attached hydrogens (tertiary/aromatic N) is 3. The molecule has 0 aliphatic carbocycles. The molecule has 3 aromatic rings. The number of aromatic nitrogens is 2. The van der Waals surface area contributed by atoms with Gasteiger partial charge in [-0.25, -0.2) is 23.7 Å². The summed E-state index contributed by atoms with van der Waals surface area (Å²) >= 11 is 11.1. The van der Waals surface area contributed by atoms with E-state index in [0.29, 0.717) is 11.6 Å². The second-order valence-corrected chi connectivity index (χ2v) is 7.41. The van der Waals surface area contributed by atoms with Gasteiger partial charge < -0.3 is 10.6 Å². The summed E-state index contributed by atoms with van der Waals surface area (Å²) in [5.74, 6) is -0.229. The largest absolute Gasteiger partial charge is 0.332 e. The number of benzene rings is 2. The van der Waals surface area contributed by atoms with Crippen LogP contribution in [0, 0.1) is 25.5 Å². The molecule has 2 aromatic carbocycles. The molecule has 3 rings (SSSR count). The van der Waals surface area contributed by atoms with Gasteiger partial charge in [0.25, 0.3) is 0 Å². The number of hydrogen-bond acceptors (Lipinski definition) is 4. The van der Waals surface area contributed by atoms with Crippen molar-refractivity contribution >= 4 is 46.5 Å². The Balaban J connectivity index is 1.77. The van der Waals surface area contributed by atoms with Crippen molar-refractivity contribution in [3.8, 4) is 0 Å². The van der Waals surface area contributed by atoms with Gasteiger partial charge in [0, 0.05) is 17.1 Å². The summed E-state index contributed by atoms with van der Waals surface area (Å²) in [5.41, 5.74) is 2.88. The predicted octanol–water partition coefficient (Wildman–Crippen LogP) is 4.98. The molecule has 0 bridgehead atoms. The maximum atomic E-state index is 13.4. The van der Waals surface area contributed by atoms with Crippen molar-refractivity contribution in [3.63, 3.8) is 0 Å². The Kier molecular flexibility index (Phi) is 7.43. The third-order valence-electron chi connectivity index (χ3n) is 3.95. The van der Waals surface area contributed by atoms with Gasteiger partial charge >= 0.3 is 0 Å². The van der Waals surface area contributed by atoms with E-state index in [1.54, 1.807) is 12.1 Å². The number of thiocarbonyl (C=S) groups is 1. The Morgan fingerprint density at radius 2 is 1.68 bits per heavy atom. The molecule has 0 atom stereocenters. The van der Waals surface area contributed by atoms with Crippen LogP contribution in [0.25, 0.3) is 0 Å². The van der Waals surface area contributed by atoms with Crippen LogP contribution in [0.15, 0.2) is 53.5 Å². The molecule has 0 spiro atoms. The SMILES string of the molecule is Cc1cc(C)nc(NC(=NCc2ccc(F)cc2)NC(=S)Nc2ccc(F)c(Cl)c2)n1. The Hall–Kier alpha value is -3.17. The van der Waals surface area contributed by atoms with E-state index in [1.165, 1.54) is 30.3 Å². The molecule has 0 saturated carbocycles. The van der Waals surface area contributed by atoms with Crippen LogP contribution in [0.2, 0.25) is 5.02 Å². The summed E-state index contributed by atoms with van der Waals surface area (Å²) in [6.07, 6.45) is 0. The Morgan fingerprint density at radius 1 is 1.00 bits per heavy atom. The lowest BCUT2D eigenvalue weighted by molar-refractivity contribution is 0.627. The van der Waals surface area contributed by atoms with Crippen LogP contribution in [0.4, 0.5) is 20.4 Å². The molecular formula is C21H19ClF2N6S. The van der Waals surface area contributed by atoms with Crippen LogP contribution in [-0.4, -0.2) is 21.0 Å². The zero-order chi connectivity index (χ0) is 22.4. The van der Waals surface area contributed by atoms with Gasteiger partial charge in [0.2, 0.25) is 11.9 Å². The monoisotopic (exact) mass is 460 g/mol. The van der Waals surface area contributed by atoms with Crippen LogP contribution >= 0.6 is 23.8 Å². The number of guanidine groups is 1. The molecule has 1 aromatic heterocycles. The molecule has 6 nitrogen and oxygen atoms in total. The number of aryl methyl sites for hydroxylation is 2. The van der Waals surface area contributed by atoms with Crippen molar-refractivity contribution in [1.29, 1.82) is 0 Å². The summed E-state index contributed by atoms with van der Waals surface area (Å²) in [6.45, 7) is 3.96. The minimum atomic E-state index is -0.527. The zero-order valence-corrected chi connectivity index (χ0v) is 18.3. The quantitative estimate of drug-likeness (QED) is 0.290. The van der Waals surface area contributed by atoms with Gasteiger partial charge in [-0.3, -0.25) is 5.32 Å². The van der Waals surface area contributed by atoms with E-state index in [0.717, 1.165) is 17.0 Å². The Labute approximate surface area is 188 Å². The smallest absolute Gasteiger partial charge is 0.229 e. The summed E-state index contributed by atoms with van der Waals surface area (Å²) in [7, 11) is 0. The maximum absolute atomic E-state index is 13.4. The average molecular weight is 461 g/mol. The van der Waals surface area contributed by atoms with Gasteiger partial charge in [-0.15, -0.1) is 0 Å². The number of hydrogen-bond donors (Lipinski definition) is 3. The highest BCUT2D eigenvalue weighted by Crippen LogP contribution is 2.19. The standard InChI is InChI=1S/C21H19ClF2N6S/c1-12-9-13(2)27-20(26-12)29-19(25-11-14-3-5-15(23)6-4-14)30-21(31)28-16-7-8-18(24)17(22)10-16/h3-10H,11H2,1-2H3,(H3,25,26,27,28,29,30,31). The third kappa shape index (κ3) is 6.94. The van der Waals surface area contributed by atoms with E-state index in [1.807, 2.05) is 19.9 Å². The molecule has 3 N–H and O–H groups in total. The fourth-order valence-electron chi connectivity index (χ4n) is 2.60. The van der Waals surface area contributed by atoms with E-state index in [9.17, 15) is 8.78 Å². The van der Waals surface area contributed by atoms with Crippen LogP contribution < -0.4 is 16.0 Å². The number of rotatable bonds is 4. The fourth-order valence-corrected chi connectivity index (χ4v) is 3.00. The number of halogens is 3. The first-order valence-corrected chi connectivity index (χ1v) is 9.98. The van der Waals surface area contributed by atoms with E-state index in [4.69, 9.17) is 23.8 Å². The lowest BCUT2D eigenvalue weighted by Crippen LogP contribution is -2.39. The van der Waals surface area contributed by atoms with Crippen LogP contribution in [-0.2, 0) is 6.54 Å². The van der Waals surface area contributed by atoms with Gasteiger partial charge in [0.05, 0.1) is 11.6 Å². The first-order valence-electron chi connectivity index (χ1n) is 9.20. The normalized spacial score (nSPS) is 11.2. The van der Waals surface area contributed by atoms with Crippen molar-refractivity contribution in [2.24, 2.45) is 4.99 Å². The highest BCUT2D eigenvalue weighted by Gasteiger charge is 2.08. The van der Waals surface area contributed by atoms with Crippen LogP contribution in [0.1, 0.15) is 17.0 Å². The predicted molar refractivity (Wildman–Crippen MR) is 123 cm³/mol. The Bertz CT molecular complexity index is 1100. The van der Waals surface area contributed by atoms with Gasteiger partial charge in [-0.05, 0) is 68.0 Å². The summed E-state index contributed by atoms with van der Waals surface area (Å²) in [6, 6.07) is 12.0. The zero-order valence-electron chi connectivity index (χ0n) is 16.7. The van der Waals surface area contributed by atoms with E-state index in [-0.39, 0.29) is 28.5 Å². The van der Waals surface area contributed by atoms with Gasteiger partial charge in [0.1, 0.15) is 11.6 Å². The van der Waals surface area contributed by atoms with E-state index >= 15 is 0 Å². The first-order chi connectivity index (χ1) is 14.8. The molecular weight excluding hydrogens is 442 g/mol. The first kappa shape index (κ1) is 22.5. The lowest BCUT2D eigenvalue weighted by Gasteiger charge is -2.14. The van der Waals surface area contributed by atoms with E-state index < -0.39 is 5.82 Å². The minimum absolute atomic E-state index is 0.0280. The fraction of sp³-hybridized carbons (Fsp3) is 0.143. The molecule has 0 saturated heterocycles. The number of nitrogens with one attached hydrogen (secondary N) is 3. The van der Waals surface area contributed by atoms with Crippen molar-refractivity contribution < 1.29 is 8.78 Å². The summed E-state index contributed by atoms with van der Waals surface area (Å²) in [4.78, 5) is 13.1. The van der Waals surface area contributed by atoms with Crippen molar-refractivity contribution in [3.05, 3.63) is 82.1 Å². The van der Waals surface area contributed by atoms with Gasteiger partial charge in [-0.1, -0.05) is 23.7 Å². The van der Waals surface area contributed by atoms with Crippen molar-refractivity contribution in [1.82, 2.24) is 15.3 Å². The van der Waals surface area contributed by atoms with Crippen LogP contribution in [0.5, 0.6) is 0 Å². The molecule has 31 heavy (non-hydrogen) atoms. The van der Waals surface area contributed by atoms with Gasteiger partial charge in [0.15, 0.2) is 5.11 Å². The van der Waals surface area contributed by atoms with Crippen LogP contribution in [0.3, 0.4) is 0 Å².